The van der Waals surface area contributed by atoms with Crippen molar-refractivity contribution >= 4 is 22.9 Å². The predicted octanol–water partition coefficient (Wildman–Crippen LogP) is 5.77. The molecule has 6 aromatic rings. The van der Waals surface area contributed by atoms with Gasteiger partial charge in [-0.25, -0.2) is 15.0 Å². The molecule has 0 bridgehead atoms. The van der Waals surface area contributed by atoms with E-state index in [0.717, 1.165) is 16.7 Å². The van der Waals surface area contributed by atoms with Gasteiger partial charge in [-0.3, -0.25) is 9.36 Å². The number of nitrogens with one attached hydrogen (secondary N) is 1. The fraction of sp³-hybridized carbons (Fsp3) is 0.250. The highest BCUT2D eigenvalue weighted by molar-refractivity contribution is 6.06. The van der Waals surface area contributed by atoms with Crippen molar-refractivity contribution < 1.29 is 33.6 Å². The molecule has 0 radical (unpaired) electrons. The van der Waals surface area contributed by atoms with Crippen LogP contribution in [-0.4, -0.2) is 76.3 Å². The topological polar surface area (TPSA) is 139 Å². The van der Waals surface area contributed by atoms with Crippen molar-refractivity contribution in [2.24, 2.45) is 0 Å². The Labute approximate surface area is 301 Å². The molecule has 12 nitrogen and oxygen atoms in total. The van der Waals surface area contributed by atoms with Crippen LogP contribution < -0.4 is 14.8 Å². The number of imidazole rings is 1. The molecule has 1 amide bonds. The molecule has 1 saturated heterocycles. The van der Waals surface area contributed by atoms with Gasteiger partial charge in [0.1, 0.15) is 41.7 Å². The van der Waals surface area contributed by atoms with Crippen LogP contribution in [-0.2, 0) is 19.8 Å². The van der Waals surface area contributed by atoms with Crippen LogP contribution in [0.5, 0.6) is 11.5 Å². The summed E-state index contributed by atoms with van der Waals surface area (Å²) in [7, 11) is 3.25. The maximum Gasteiger partial charge on any atom is 0.256 e. The van der Waals surface area contributed by atoms with Gasteiger partial charge in [-0.1, -0.05) is 72.8 Å². The minimum atomic E-state index is -1.12. The Bertz CT molecular complexity index is 2050. The highest BCUT2D eigenvalue weighted by Crippen LogP contribution is 2.43. The van der Waals surface area contributed by atoms with Crippen molar-refractivity contribution in [1.82, 2.24) is 19.5 Å². The van der Waals surface area contributed by atoms with Crippen molar-refractivity contribution in [2.45, 2.75) is 37.1 Å². The maximum absolute atomic E-state index is 13.0. The molecule has 266 valence electrons. The Kier molecular flexibility index (Phi) is 10.2. The summed E-state index contributed by atoms with van der Waals surface area (Å²) in [5, 5.41) is 14.6. The van der Waals surface area contributed by atoms with Gasteiger partial charge in [-0.05, 0) is 60.0 Å². The third-order valence-corrected chi connectivity index (χ3v) is 9.21. The standard InChI is InChI=1S/C40H39N5O7/c1-4-50-35-34(46)32(52-39(35)45-25-43-33-36(41-24-42-37(33)45)44-38(47)26-11-7-5-8-12-26)23-51-40(27-13-9-6-10-14-27,28-15-19-30(48-2)20-16-28)29-17-21-31(49-3)22-18-29/h5-22,24-25,32,34-35,39,46H,4,23H2,1-3H3,(H,41,42,44,47)/t32-,34-,35-,39-/m1/s1. The molecular formula is C40H39N5O7. The summed E-state index contributed by atoms with van der Waals surface area (Å²) in [5.74, 6) is 1.33. The van der Waals surface area contributed by atoms with E-state index in [1.54, 1.807) is 49.4 Å². The summed E-state index contributed by atoms with van der Waals surface area (Å²) in [6, 6.07) is 34.2. The quantitative estimate of drug-likeness (QED) is 0.143. The molecule has 52 heavy (non-hydrogen) atoms. The van der Waals surface area contributed by atoms with E-state index in [2.05, 4.69) is 20.3 Å². The fourth-order valence-corrected chi connectivity index (χ4v) is 6.63. The molecule has 0 spiro atoms. The summed E-state index contributed by atoms with van der Waals surface area (Å²) in [6.45, 7) is 2.15. The smallest absolute Gasteiger partial charge is 0.256 e. The zero-order chi connectivity index (χ0) is 36.1. The fourth-order valence-electron chi connectivity index (χ4n) is 6.63. The van der Waals surface area contributed by atoms with E-state index in [0.29, 0.717) is 34.8 Å². The first-order valence-electron chi connectivity index (χ1n) is 16.9. The second kappa shape index (κ2) is 15.3. The summed E-state index contributed by atoms with van der Waals surface area (Å²) in [4.78, 5) is 26.3. The van der Waals surface area contributed by atoms with Crippen LogP contribution in [0.15, 0.2) is 122 Å². The van der Waals surface area contributed by atoms with Crippen molar-refractivity contribution in [2.75, 3.05) is 32.8 Å². The molecular weight excluding hydrogens is 662 g/mol. The van der Waals surface area contributed by atoms with Crippen LogP contribution in [0.4, 0.5) is 5.82 Å². The number of carbonyl (C=O) groups excluding carboxylic acids is 1. The number of carbonyl (C=O) groups is 1. The van der Waals surface area contributed by atoms with Crippen LogP contribution in [0.3, 0.4) is 0 Å². The van der Waals surface area contributed by atoms with E-state index in [4.69, 9.17) is 23.7 Å². The molecule has 1 fully saturated rings. The first-order chi connectivity index (χ1) is 25.5. The van der Waals surface area contributed by atoms with Gasteiger partial charge in [-0.2, -0.15) is 0 Å². The Hall–Kier alpha value is -5.66. The van der Waals surface area contributed by atoms with Crippen LogP contribution >= 0.6 is 0 Å². The number of methoxy groups -OCH3 is 2. The van der Waals surface area contributed by atoms with E-state index < -0.39 is 30.1 Å². The summed E-state index contributed by atoms with van der Waals surface area (Å²) in [5.41, 5.74) is 2.68. The second-order valence-electron chi connectivity index (χ2n) is 12.2. The molecule has 0 aliphatic carbocycles. The Morgan fingerprint density at radius 3 is 2.02 bits per heavy atom. The lowest BCUT2D eigenvalue weighted by Gasteiger charge is -2.37. The van der Waals surface area contributed by atoms with Crippen LogP contribution in [0.25, 0.3) is 11.2 Å². The number of ether oxygens (including phenoxy) is 5. The van der Waals surface area contributed by atoms with Crippen molar-refractivity contribution in [1.29, 1.82) is 0 Å². The third-order valence-electron chi connectivity index (χ3n) is 9.21. The number of hydrogen-bond acceptors (Lipinski definition) is 10. The van der Waals surface area contributed by atoms with Gasteiger partial charge in [0.2, 0.25) is 0 Å². The number of amides is 1. The number of aromatic nitrogens is 4. The summed E-state index contributed by atoms with van der Waals surface area (Å²) in [6.07, 6.45) is -0.622. The van der Waals surface area contributed by atoms with Gasteiger partial charge in [-0.15, -0.1) is 0 Å². The molecule has 4 aromatic carbocycles. The van der Waals surface area contributed by atoms with Crippen LogP contribution in [0.2, 0.25) is 0 Å². The lowest BCUT2D eigenvalue weighted by atomic mass is 9.80. The predicted molar refractivity (Wildman–Crippen MR) is 193 cm³/mol. The zero-order valence-corrected chi connectivity index (χ0v) is 29.0. The van der Waals surface area contributed by atoms with Gasteiger partial charge in [0.25, 0.3) is 5.91 Å². The monoisotopic (exact) mass is 701 g/mol. The minimum absolute atomic E-state index is 0.0197. The van der Waals surface area contributed by atoms with Crippen molar-refractivity contribution in [3.8, 4) is 11.5 Å². The molecule has 2 N–H and O–H groups in total. The van der Waals surface area contributed by atoms with Crippen molar-refractivity contribution in [3.05, 3.63) is 144 Å². The Morgan fingerprint density at radius 2 is 1.42 bits per heavy atom. The lowest BCUT2D eigenvalue weighted by Crippen LogP contribution is -2.40. The Balaban J connectivity index is 1.23. The van der Waals surface area contributed by atoms with Crippen LogP contribution in [0.1, 0.15) is 40.2 Å². The zero-order valence-electron chi connectivity index (χ0n) is 29.0. The molecule has 7 rings (SSSR count). The van der Waals surface area contributed by atoms with E-state index in [1.165, 1.54) is 6.33 Å². The maximum atomic E-state index is 13.0. The summed E-state index contributed by atoms with van der Waals surface area (Å²) < 4.78 is 32.4. The van der Waals surface area contributed by atoms with Crippen molar-refractivity contribution in [3.63, 3.8) is 0 Å². The normalized spacial score (nSPS) is 18.7. The van der Waals surface area contributed by atoms with Gasteiger partial charge >= 0.3 is 0 Å². The number of aliphatic hydroxyl groups excluding tert-OH is 1. The van der Waals surface area contributed by atoms with E-state index in [1.807, 2.05) is 91.9 Å². The molecule has 2 aromatic heterocycles. The van der Waals surface area contributed by atoms with E-state index in [9.17, 15) is 9.90 Å². The van der Waals surface area contributed by atoms with Crippen LogP contribution in [0, 0.1) is 0 Å². The SMILES string of the molecule is CCO[C@@H]1[C@H](O)[C@@H](COC(c2ccccc2)(c2ccc(OC)cc2)c2ccc(OC)cc2)O[C@H]1n1cnc2c(NC(=O)c3ccccc3)ncnc21. The number of aliphatic hydroxyl groups is 1. The highest BCUT2D eigenvalue weighted by Gasteiger charge is 2.48. The minimum Gasteiger partial charge on any atom is -0.497 e. The number of anilines is 1. The Morgan fingerprint density at radius 1 is 0.827 bits per heavy atom. The van der Waals surface area contributed by atoms with Gasteiger partial charge in [0.05, 0.1) is 27.2 Å². The molecule has 12 heteroatoms. The number of hydrogen-bond donors (Lipinski definition) is 2. The van der Waals surface area contributed by atoms with Gasteiger partial charge in [0, 0.05) is 12.2 Å². The molecule has 1 aliphatic heterocycles. The molecule has 0 saturated carbocycles. The number of fused-ring (bicyclic) bond motifs is 1. The molecule has 0 unspecified atom stereocenters. The van der Waals surface area contributed by atoms with E-state index >= 15 is 0 Å². The largest absolute Gasteiger partial charge is 0.497 e. The molecule has 4 atom stereocenters. The number of benzene rings is 4. The van der Waals surface area contributed by atoms with Gasteiger partial charge < -0.3 is 34.1 Å². The first kappa shape index (κ1) is 34.8. The highest BCUT2D eigenvalue weighted by atomic mass is 16.6. The first-order valence-corrected chi connectivity index (χ1v) is 16.9. The summed E-state index contributed by atoms with van der Waals surface area (Å²) >= 11 is 0. The molecule has 3 heterocycles. The van der Waals surface area contributed by atoms with E-state index in [-0.39, 0.29) is 18.3 Å². The lowest BCUT2D eigenvalue weighted by molar-refractivity contribution is -0.0957. The van der Waals surface area contributed by atoms with Gasteiger partial charge in [0.15, 0.2) is 23.2 Å². The molecule has 1 aliphatic rings. The average molecular weight is 702 g/mol. The second-order valence-corrected chi connectivity index (χ2v) is 12.2. The third kappa shape index (κ3) is 6.60. The average Bonchev–Trinajstić information content (AvgIpc) is 3.77. The number of nitrogens with zero attached hydrogens (tertiary/aromatic N) is 4. The number of rotatable bonds is 13.